The fraction of sp³-hybridized carbons (Fsp3) is 0.818. The summed E-state index contributed by atoms with van der Waals surface area (Å²) in [5.74, 6) is 0. The molecular weight excluding hydrogens is 350 g/mol. The van der Waals surface area contributed by atoms with Crippen molar-refractivity contribution in [1.29, 1.82) is 0 Å². The molecule has 6 nitrogen and oxygen atoms in total. The molecule has 4 rings (SSSR count). The van der Waals surface area contributed by atoms with Gasteiger partial charge in [-0.05, 0) is 70.6 Å². The Hall–Kier alpha value is -1.24. The summed E-state index contributed by atoms with van der Waals surface area (Å²) in [6, 6.07) is 2.62. The van der Waals surface area contributed by atoms with Crippen molar-refractivity contribution in [2.75, 3.05) is 52.9 Å². The molecule has 1 aromatic rings. The van der Waals surface area contributed by atoms with Crippen LogP contribution in [0.15, 0.2) is 10.9 Å². The van der Waals surface area contributed by atoms with Gasteiger partial charge in [-0.1, -0.05) is 6.42 Å². The Labute approximate surface area is 169 Å². The number of rotatable bonds is 6. The minimum atomic E-state index is 0.0795. The Morgan fingerprint density at radius 1 is 0.929 bits per heavy atom. The minimum Gasteiger partial charge on any atom is -0.303 e. The average molecular weight is 388 g/mol. The fourth-order valence-corrected chi connectivity index (χ4v) is 5.07. The number of hydrogen-bond donors (Lipinski definition) is 0. The van der Waals surface area contributed by atoms with Gasteiger partial charge in [0.15, 0.2) is 0 Å². The predicted octanol–water partition coefficient (Wildman–Crippen LogP) is 1.61. The number of fused-ring (bicyclic) bond motifs is 1. The van der Waals surface area contributed by atoms with Crippen LogP contribution in [-0.2, 0) is 19.4 Å². The molecule has 0 N–H and O–H groups in total. The van der Waals surface area contributed by atoms with Gasteiger partial charge < -0.3 is 9.80 Å². The van der Waals surface area contributed by atoms with Crippen molar-refractivity contribution < 1.29 is 0 Å². The monoisotopic (exact) mass is 387 g/mol. The molecule has 2 aliphatic heterocycles. The lowest BCUT2D eigenvalue weighted by Crippen LogP contribution is -2.49. The van der Waals surface area contributed by atoms with E-state index in [2.05, 4.69) is 26.8 Å². The van der Waals surface area contributed by atoms with Crippen molar-refractivity contribution in [3.8, 4) is 0 Å². The van der Waals surface area contributed by atoms with Crippen LogP contribution in [-0.4, -0.2) is 83.4 Å². The molecule has 28 heavy (non-hydrogen) atoms. The Kier molecular flexibility index (Phi) is 6.81. The molecule has 0 radical (unpaired) electrons. The Morgan fingerprint density at radius 3 is 2.46 bits per heavy atom. The Morgan fingerprint density at radius 2 is 1.68 bits per heavy atom. The van der Waals surface area contributed by atoms with Crippen LogP contribution in [0.5, 0.6) is 0 Å². The van der Waals surface area contributed by atoms with Crippen LogP contribution >= 0.6 is 0 Å². The Balaban J connectivity index is 1.20. The first-order valence-corrected chi connectivity index (χ1v) is 11.4. The average Bonchev–Trinajstić information content (AvgIpc) is 2.72. The van der Waals surface area contributed by atoms with Crippen molar-refractivity contribution >= 4 is 0 Å². The number of aromatic nitrogens is 2. The zero-order chi connectivity index (χ0) is 19.3. The molecule has 156 valence electrons. The third-order valence-corrected chi connectivity index (χ3v) is 7.07. The van der Waals surface area contributed by atoms with Crippen LogP contribution in [0, 0.1) is 0 Å². The number of piperazine rings is 1. The summed E-state index contributed by atoms with van der Waals surface area (Å²) in [4.78, 5) is 20.0. The van der Waals surface area contributed by atoms with Gasteiger partial charge in [-0.2, -0.15) is 5.10 Å². The van der Waals surface area contributed by atoms with Gasteiger partial charge in [0.2, 0.25) is 0 Å². The fourth-order valence-electron chi connectivity index (χ4n) is 5.07. The topological polar surface area (TPSA) is 44.6 Å². The number of aryl methyl sites for hydroxylation is 2. The van der Waals surface area contributed by atoms with E-state index in [1.165, 1.54) is 57.2 Å². The van der Waals surface area contributed by atoms with Gasteiger partial charge in [0.1, 0.15) is 0 Å². The lowest BCUT2D eigenvalue weighted by molar-refractivity contribution is 0.107. The molecule has 2 saturated heterocycles. The third kappa shape index (κ3) is 5.02. The van der Waals surface area contributed by atoms with Crippen LogP contribution in [0.4, 0.5) is 0 Å². The first kappa shape index (κ1) is 20.0. The molecule has 6 heteroatoms. The molecule has 0 spiro atoms. The van der Waals surface area contributed by atoms with E-state index in [0.29, 0.717) is 0 Å². The van der Waals surface area contributed by atoms with E-state index in [9.17, 15) is 4.79 Å². The van der Waals surface area contributed by atoms with Crippen molar-refractivity contribution in [2.45, 2.75) is 64.0 Å². The first-order valence-electron chi connectivity index (χ1n) is 11.4. The van der Waals surface area contributed by atoms with Gasteiger partial charge in [-0.25, -0.2) is 4.68 Å². The van der Waals surface area contributed by atoms with Crippen molar-refractivity contribution in [2.24, 2.45) is 0 Å². The lowest BCUT2D eigenvalue weighted by Gasteiger charge is -2.37. The molecule has 0 saturated carbocycles. The highest BCUT2D eigenvalue weighted by Gasteiger charge is 2.22. The normalized spacial score (nSPS) is 25.0. The lowest BCUT2D eigenvalue weighted by atomic mass is 9.97. The van der Waals surface area contributed by atoms with E-state index in [-0.39, 0.29) is 5.56 Å². The SMILES string of the molecule is CN1CCCCC1CCN1CCN(CCn2nc3c(cc2=O)CCCC3)CC1. The van der Waals surface area contributed by atoms with Gasteiger partial charge in [0.25, 0.3) is 5.56 Å². The van der Waals surface area contributed by atoms with Gasteiger partial charge in [0, 0.05) is 44.8 Å². The zero-order valence-electron chi connectivity index (χ0n) is 17.6. The maximum Gasteiger partial charge on any atom is 0.267 e. The highest BCUT2D eigenvalue weighted by molar-refractivity contribution is 5.20. The molecule has 1 aliphatic carbocycles. The molecular formula is C22H37N5O. The molecule has 0 bridgehead atoms. The molecule has 3 heterocycles. The van der Waals surface area contributed by atoms with Crippen LogP contribution in [0.3, 0.4) is 0 Å². The largest absolute Gasteiger partial charge is 0.303 e. The second kappa shape index (κ2) is 9.51. The van der Waals surface area contributed by atoms with Gasteiger partial charge >= 0.3 is 0 Å². The molecule has 1 atom stereocenters. The van der Waals surface area contributed by atoms with E-state index in [1.54, 1.807) is 4.68 Å². The summed E-state index contributed by atoms with van der Waals surface area (Å²) < 4.78 is 1.70. The summed E-state index contributed by atoms with van der Waals surface area (Å²) >= 11 is 0. The van der Waals surface area contributed by atoms with Crippen LogP contribution in [0.25, 0.3) is 0 Å². The predicted molar refractivity (Wildman–Crippen MR) is 113 cm³/mol. The summed E-state index contributed by atoms with van der Waals surface area (Å²) in [5, 5.41) is 4.66. The summed E-state index contributed by atoms with van der Waals surface area (Å²) in [5.41, 5.74) is 2.42. The molecule has 2 fully saturated rings. The molecule has 3 aliphatic rings. The van der Waals surface area contributed by atoms with Crippen LogP contribution in [0.2, 0.25) is 0 Å². The van der Waals surface area contributed by atoms with Crippen LogP contribution in [0.1, 0.15) is 49.8 Å². The smallest absolute Gasteiger partial charge is 0.267 e. The summed E-state index contributed by atoms with van der Waals surface area (Å²) in [7, 11) is 2.29. The number of likely N-dealkylation sites (tertiary alicyclic amines) is 1. The van der Waals surface area contributed by atoms with E-state index in [4.69, 9.17) is 0 Å². The van der Waals surface area contributed by atoms with Crippen LogP contribution < -0.4 is 5.56 Å². The highest BCUT2D eigenvalue weighted by Crippen LogP contribution is 2.19. The second-order valence-corrected chi connectivity index (χ2v) is 8.99. The maximum absolute atomic E-state index is 12.3. The quantitative estimate of drug-likeness (QED) is 0.742. The van der Waals surface area contributed by atoms with E-state index in [0.717, 1.165) is 63.8 Å². The second-order valence-electron chi connectivity index (χ2n) is 8.99. The van der Waals surface area contributed by atoms with E-state index < -0.39 is 0 Å². The van der Waals surface area contributed by atoms with E-state index >= 15 is 0 Å². The van der Waals surface area contributed by atoms with Gasteiger partial charge in [0.05, 0.1) is 12.2 Å². The Bertz CT molecular complexity index is 695. The zero-order valence-corrected chi connectivity index (χ0v) is 17.6. The third-order valence-electron chi connectivity index (χ3n) is 7.07. The van der Waals surface area contributed by atoms with Gasteiger partial charge in [-0.15, -0.1) is 0 Å². The van der Waals surface area contributed by atoms with Crippen molar-refractivity contribution in [3.05, 3.63) is 27.7 Å². The number of nitrogens with zero attached hydrogens (tertiary/aromatic N) is 5. The summed E-state index contributed by atoms with van der Waals surface area (Å²) in [6.07, 6.45) is 9.91. The maximum atomic E-state index is 12.3. The van der Waals surface area contributed by atoms with Crippen molar-refractivity contribution in [1.82, 2.24) is 24.5 Å². The molecule has 1 aromatic heterocycles. The molecule has 1 unspecified atom stereocenters. The van der Waals surface area contributed by atoms with Gasteiger partial charge in [-0.3, -0.25) is 9.69 Å². The number of piperidine rings is 1. The minimum absolute atomic E-state index is 0.0795. The first-order chi connectivity index (χ1) is 13.7. The summed E-state index contributed by atoms with van der Waals surface area (Å²) in [6.45, 7) is 8.69. The number of hydrogen-bond acceptors (Lipinski definition) is 5. The van der Waals surface area contributed by atoms with E-state index in [1.807, 2.05) is 6.07 Å². The molecule has 0 aromatic carbocycles. The van der Waals surface area contributed by atoms with Crippen molar-refractivity contribution in [3.63, 3.8) is 0 Å². The molecule has 0 amide bonds. The highest BCUT2D eigenvalue weighted by atomic mass is 16.1. The standard InChI is InChI=1S/C22H37N5O/c1-24-10-5-4-7-20(24)9-11-25-12-14-26(15-13-25)16-17-27-22(28)18-19-6-2-3-8-21(19)23-27/h18,20H,2-17H2,1H3.